The zero-order valence-corrected chi connectivity index (χ0v) is 16.5. The molecule has 2 aromatic heterocycles. The van der Waals surface area contributed by atoms with Crippen LogP contribution >= 0.6 is 0 Å². The summed E-state index contributed by atoms with van der Waals surface area (Å²) in [6.07, 6.45) is 3.41. The minimum absolute atomic E-state index is 0.236. The maximum Gasteiger partial charge on any atom is 0.274 e. The van der Waals surface area contributed by atoms with E-state index >= 15 is 0 Å². The number of nitrogens with one attached hydrogen (secondary N) is 2. The summed E-state index contributed by atoms with van der Waals surface area (Å²) < 4.78 is 1.64. The maximum atomic E-state index is 13.0. The van der Waals surface area contributed by atoms with Gasteiger partial charge in [0, 0.05) is 38.4 Å². The van der Waals surface area contributed by atoms with Gasteiger partial charge in [-0.3, -0.25) is 4.79 Å². The van der Waals surface area contributed by atoms with Crippen LogP contribution in [0.5, 0.6) is 0 Å². The van der Waals surface area contributed by atoms with Crippen molar-refractivity contribution in [3.05, 3.63) is 78.8 Å². The number of fused-ring (bicyclic) bond motifs is 1. The number of carbonyl (C=O) groups is 1. The molecule has 0 saturated carbocycles. The van der Waals surface area contributed by atoms with Crippen molar-refractivity contribution in [2.75, 3.05) is 36.4 Å². The fraction of sp³-hybridized carbons (Fsp3) is 0.174. The van der Waals surface area contributed by atoms with E-state index in [-0.39, 0.29) is 5.91 Å². The molecule has 2 N–H and O–H groups in total. The number of aromatic nitrogens is 3. The molecule has 30 heavy (non-hydrogen) atoms. The first-order valence-corrected chi connectivity index (χ1v) is 10.0. The first-order chi connectivity index (χ1) is 14.8. The third kappa shape index (κ3) is 3.62. The van der Waals surface area contributed by atoms with Crippen LogP contribution in [0, 0.1) is 0 Å². The molecule has 1 amide bonds. The van der Waals surface area contributed by atoms with Crippen LogP contribution in [0.3, 0.4) is 0 Å². The topological polar surface area (TPSA) is 74.6 Å². The lowest BCUT2D eigenvalue weighted by Gasteiger charge is -2.31. The molecule has 4 aromatic rings. The van der Waals surface area contributed by atoms with E-state index in [1.807, 2.05) is 24.3 Å². The molecule has 7 heteroatoms. The molecule has 2 aromatic carbocycles. The molecule has 0 unspecified atom stereocenters. The van der Waals surface area contributed by atoms with Gasteiger partial charge >= 0.3 is 0 Å². The van der Waals surface area contributed by atoms with Gasteiger partial charge in [0.1, 0.15) is 5.69 Å². The smallest absolute Gasteiger partial charge is 0.274 e. The molecule has 0 spiro atoms. The van der Waals surface area contributed by atoms with E-state index in [0.717, 1.165) is 48.7 Å². The van der Waals surface area contributed by atoms with E-state index in [1.165, 1.54) is 0 Å². The average Bonchev–Trinajstić information content (AvgIpc) is 3.28. The zero-order valence-electron chi connectivity index (χ0n) is 16.5. The monoisotopic (exact) mass is 398 g/mol. The number of carbonyl (C=O) groups excluding carboxylic acids is 1. The second kappa shape index (κ2) is 7.96. The molecule has 0 radical (unpaired) electrons. The maximum absolute atomic E-state index is 13.0. The van der Waals surface area contributed by atoms with Gasteiger partial charge in [0.2, 0.25) is 0 Å². The standard InChI is InChI=1S/C23H22N6O/c30-23(19-9-13-29-22(26-19)8-10-25-29)27-20-16-18(17-4-2-1-3-5-17)6-7-21(20)28-14-11-24-12-15-28/h1-10,13,16,24H,11-12,14-15H2,(H,27,30). The van der Waals surface area contributed by atoms with E-state index < -0.39 is 0 Å². The number of hydrogen-bond acceptors (Lipinski definition) is 5. The Morgan fingerprint density at radius 3 is 2.63 bits per heavy atom. The van der Waals surface area contributed by atoms with Gasteiger partial charge < -0.3 is 15.5 Å². The highest BCUT2D eigenvalue weighted by molar-refractivity contribution is 6.05. The molecule has 0 atom stereocenters. The van der Waals surface area contributed by atoms with E-state index in [4.69, 9.17) is 0 Å². The number of hydrogen-bond donors (Lipinski definition) is 2. The SMILES string of the molecule is O=C(Nc1cc(-c2ccccc2)ccc1N1CCNCC1)c1ccn2nccc2n1. The van der Waals surface area contributed by atoms with Gasteiger partial charge in [0.15, 0.2) is 5.65 Å². The van der Waals surface area contributed by atoms with Crippen LogP contribution in [0.25, 0.3) is 16.8 Å². The second-order valence-corrected chi connectivity index (χ2v) is 7.24. The number of piperazine rings is 1. The van der Waals surface area contributed by atoms with Crippen molar-refractivity contribution in [1.29, 1.82) is 0 Å². The summed E-state index contributed by atoms with van der Waals surface area (Å²) in [6, 6.07) is 19.9. The average molecular weight is 398 g/mol. The van der Waals surface area contributed by atoms with Gasteiger partial charge in [-0.1, -0.05) is 36.4 Å². The molecule has 0 aliphatic carbocycles. The van der Waals surface area contributed by atoms with Gasteiger partial charge in [-0.15, -0.1) is 0 Å². The van der Waals surface area contributed by atoms with Crippen molar-refractivity contribution < 1.29 is 4.79 Å². The number of nitrogens with zero attached hydrogens (tertiary/aromatic N) is 4. The summed E-state index contributed by atoms with van der Waals surface area (Å²) in [6.45, 7) is 3.64. The predicted molar refractivity (Wildman–Crippen MR) is 118 cm³/mol. The highest BCUT2D eigenvalue weighted by Gasteiger charge is 2.18. The summed E-state index contributed by atoms with van der Waals surface area (Å²) in [5, 5.41) is 10.6. The Balaban J connectivity index is 1.50. The molecular weight excluding hydrogens is 376 g/mol. The van der Waals surface area contributed by atoms with Gasteiger partial charge in [-0.05, 0) is 29.3 Å². The van der Waals surface area contributed by atoms with Crippen molar-refractivity contribution in [1.82, 2.24) is 19.9 Å². The zero-order chi connectivity index (χ0) is 20.3. The van der Waals surface area contributed by atoms with Crippen LogP contribution in [0.1, 0.15) is 10.5 Å². The normalized spacial score (nSPS) is 14.1. The minimum Gasteiger partial charge on any atom is -0.367 e. The molecule has 1 saturated heterocycles. The van der Waals surface area contributed by atoms with Crippen LogP contribution in [-0.4, -0.2) is 46.7 Å². The van der Waals surface area contributed by atoms with E-state index in [0.29, 0.717) is 11.3 Å². The van der Waals surface area contributed by atoms with Crippen LogP contribution in [0.4, 0.5) is 11.4 Å². The molecule has 3 heterocycles. The van der Waals surface area contributed by atoms with Crippen molar-refractivity contribution in [2.45, 2.75) is 0 Å². The lowest BCUT2D eigenvalue weighted by Crippen LogP contribution is -2.43. The van der Waals surface area contributed by atoms with E-state index in [1.54, 1.807) is 29.0 Å². The van der Waals surface area contributed by atoms with Crippen molar-refractivity contribution >= 4 is 22.9 Å². The lowest BCUT2D eigenvalue weighted by molar-refractivity contribution is 0.102. The number of benzene rings is 2. The lowest BCUT2D eigenvalue weighted by atomic mass is 10.0. The third-order valence-electron chi connectivity index (χ3n) is 5.30. The molecular formula is C23H22N6O. The number of anilines is 2. The van der Waals surface area contributed by atoms with Gasteiger partial charge in [0.05, 0.1) is 17.6 Å². The van der Waals surface area contributed by atoms with Crippen LogP contribution < -0.4 is 15.5 Å². The molecule has 150 valence electrons. The van der Waals surface area contributed by atoms with E-state index in [2.05, 4.69) is 49.9 Å². The Hall–Kier alpha value is -3.71. The van der Waals surface area contributed by atoms with Gasteiger partial charge in [-0.2, -0.15) is 5.10 Å². The Morgan fingerprint density at radius 2 is 1.80 bits per heavy atom. The molecule has 0 bridgehead atoms. The van der Waals surface area contributed by atoms with Crippen LogP contribution in [0.2, 0.25) is 0 Å². The number of rotatable bonds is 4. The third-order valence-corrected chi connectivity index (χ3v) is 5.30. The quantitative estimate of drug-likeness (QED) is 0.553. The minimum atomic E-state index is -0.236. The van der Waals surface area contributed by atoms with Crippen LogP contribution in [-0.2, 0) is 0 Å². The first-order valence-electron chi connectivity index (χ1n) is 10.0. The summed E-state index contributed by atoms with van der Waals surface area (Å²) in [5.74, 6) is -0.236. The summed E-state index contributed by atoms with van der Waals surface area (Å²) in [7, 11) is 0. The highest BCUT2D eigenvalue weighted by atomic mass is 16.1. The summed E-state index contributed by atoms with van der Waals surface area (Å²) in [5.41, 5.74) is 4.98. The molecule has 1 aliphatic rings. The highest BCUT2D eigenvalue weighted by Crippen LogP contribution is 2.32. The van der Waals surface area contributed by atoms with Crippen molar-refractivity contribution in [2.24, 2.45) is 0 Å². The summed E-state index contributed by atoms with van der Waals surface area (Å²) in [4.78, 5) is 19.7. The molecule has 1 aliphatic heterocycles. The van der Waals surface area contributed by atoms with Crippen molar-refractivity contribution in [3.8, 4) is 11.1 Å². The Kier molecular flexibility index (Phi) is 4.86. The van der Waals surface area contributed by atoms with E-state index in [9.17, 15) is 4.79 Å². The van der Waals surface area contributed by atoms with Crippen LogP contribution in [0.15, 0.2) is 73.1 Å². The van der Waals surface area contributed by atoms with Gasteiger partial charge in [0.25, 0.3) is 5.91 Å². The fourth-order valence-corrected chi connectivity index (χ4v) is 3.75. The molecule has 1 fully saturated rings. The molecule has 5 rings (SSSR count). The number of amides is 1. The predicted octanol–water partition coefficient (Wildman–Crippen LogP) is 3.06. The first kappa shape index (κ1) is 18.3. The second-order valence-electron chi connectivity index (χ2n) is 7.24. The fourth-order valence-electron chi connectivity index (χ4n) is 3.75. The Morgan fingerprint density at radius 1 is 0.967 bits per heavy atom. The molecule has 7 nitrogen and oxygen atoms in total. The van der Waals surface area contributed by atoms with Gasteiger partial charge in [-0.25, -0.2) is 9.50 Å². The summed E-state index contributed by atoms with van der Waals surface area (Å²) >= 11 is 0. The Labute approximate surface area is 174 Å². The largest absolute Gasteiger partial charge is 0.367 e. The van der Waals surface area contributed by atoms with Crippen molar-refractivity contribution in [3.63, 3.8) is 0 Å². The Bertz CT molecular complexity index is 1180.